The van der Waals surface area contributed by atoms with Crippen molar-refractivity contribution in [2.45, 2.75) is 18.6 Å². The van der Waals surface area contributed by atoms with E-state index in [1.54, 1.807) is 11.8 Å². The van der Waals surface area contributed by atoms with Crippen LogP contribution in [-0.2, 0) is 9.53 Å². The molecule has 0 unspecified atom stereocenters. The number of rotatable bonds is 1. The zero-order valence-corrected chi connectivity index (χ0v) is 7.11. The Balaban J connectivity index is 2.37. The Morgan fingerprint density at radius 2 is 2.40 bits per heavy atom. The van der Waals surface area contributed by atoms with Crippen LogP contribution in [0, 0.1) is 5.92 Å². The number of ether oxygens (including phenoxy) is 1. The molecular weight excluding hydrogens is 148 g/mol. The molecule has 0 aliphatic carbocycles. The predicted molar refractivity (Wildman–Crippen MR) is 42.0 cm³/mol. The molecule has 10 heavy (non-hydrogen) atoms. The van der Waals surface area contributed by atoms with E-state index in [0.29, 0.717) is 5.92 Å². The SMILES string of the molecule is COC(=O)[C@@H]1C[C@H](C)CS1. The highest BCUT2D eigenvalue weighted by atomic mass is 32.2. The monoisotopic (exact) mass is 160 g/mol. The third-order valence-corrected chi connectivity index (χ3v) is 3.21. The van der Waals surface area contributed by atoms with Crippen molar-refractivity contribution in [1.29, 1.82) is 0 Å². The van der Waals surface area contributed by atoms with Crippen LogP contribution in [0.2, 0.25) is 0 Å². The highest BCUT2D eigenvalue weighted by molar-refractivity contribution is 8.00. The second-order valence-electron chi connectivity index (χ2n) is 2.69. The summed E-state index contributed by atoms with van der Waals surface area (Å²) < 4.78 is 4.62. The van der Waals surface area contributed by atoms with E-state index in [9.17, 15) is 4.79 Å². The molecule has 0 radical (unpaired) electrons. The summed E-state index contributed by atoms with van der Waals surface area (Å²) in [4.78, 5) is 10.9. The quantitative estimate of drug-likeness (QED) is 0.541. The standard InChI is InChI=1S/C7H12O2S/c1-5-3-6(10-4-5)7(8)9-2/h5-6H,3-4H2,1-2H3/t5-,6-/m0/s1. The van der Waals surface area contributed by atoms with Crippen molar-refractivity contribution in [3.8, 4) is 0 Å². The van der Waals surface area contributed by atoms with Crippen molar-refractivity contribution < 1.29 is 9.53 Å². The maximum atomic E-state index is 10.9. The lowest BCUT2D eigenvalue weighted by Gasteiger charge is -2.03. The lowest BCUT2D eigenvalue weighted by molar-refractivity contribution is -0.140. The molecule has 1 fully saturated rings. The van der Waals surface area contributed by atoms with Crippen LogP contribution >= 0.6 is 11.8 Å². The fourth-order valence-electron chi connectivity index (χ4n) is 1.08. The molecule has 0 aromatic rings. The molecule has 1 saturated heterocycles. The average Bonchev–Trinajstić information content (AvgIpc) is 2.34. The molecule has 0 amide bonds. The predicted octanol–water partition coefficient (Wildman–Crippen LogP) is 1.30. The van der Waals surface area contributed by atoms with Crippen LogP contribution in [0.1, 0.15) is 13.3 Å². The number of carbonyl (C=O) groups excluding carboxylic acids is 1. The Labute approximate surface area is 65.3 Å². The molecule has 1 aliphatic rings. The zero-order chi connectivity index (χ0) is 7.56. The summed E-state index contributed by atoms with van der Waals surface area (Å²) in [5.41, 5.74) is 0. The summed E-state index contributed by atoms with van der Waals surface area (Å²) in [5.74, 6) is 1.71. The molecule has 1 rings (SSSR count). The van der Waals surface area contributed by atoms with Gasteiger partial charge in [-0.2, -0.15) is 0 Å². The first kappa shape index (κ1) is 7.92. The van der Waals surface area contributed by atoms with Gasteiger partial charge in [-0.25, -0.2) is 0 Å². The minimum atomic E-state index is -0.0608. The summed E-state index contributed by atoms with van der Waals surface area (Å²) in [5, 5.41) is 0.111. The van der Waals surface area contributed by atoms with Crippen LogP contribution in [0.4, 0.5) is 0 Å². The van der Waals surface area contributed by atoms with Gasteiger partial charge in [-0.15, -0.1) is 11.8 Å². The van der Waals surface area contributed by atoms with Gasteiger partial charge in [-0.3, -0.25) is 4.79 Å². The minimum Gasteiger partial charge on any atom is -0.468 e. The van der Waals surface area contributed by atoms with Gasteiger partial charge in [-0.05, 0) is 18.1 Å². The first-order chi connectivity index (χ1) is 4.74. The van der Waals surface area contributed by atoms with Gasteiger partial charge in [0, 0.05) is 0 Å². The molecular formula is C7H12O2S. The lowest BCUT2D eigenvalue weighted by Crippen LogP contribution is -2.15. The molecule has 0 saturated carbocycles. The smallest absolute Gasteiger partial charge is 0.318 e. The fraction of sp³-hybridized carbons (Fsp3) is 0.857. The topological polar surface area (TPSA) is 26.3 Å². The third-order valence-electron chi connectivity index (χ3n) is 1.66. The van der Waals surface area contributed by atoms with Crippen LogP contribution in [-0.4, -0.2) is 24.1 Å². The summed E-state index contributed by atoms with van der Waals surface area (Å²) in [6.07, 6.45) is 0.983. The number of carbonyl (C=O) groups is 1. The fourth-order valence-corrected chi connectivity index (χ4v) is 2.47. The van der Waals surface area contributed by atoms with Crippen molar-refractivity contribution in [2.75, 3.05) is 12.9 Å². The van der Waals surface area contributed by atoms with Gasteiger partial charge in [0.2, 0.25) is 0 Å². The van der Waals surface area contributed by atoms with Gasteiger partial charge in [0.1, 0.15) is 5.25 Å². The van der Waals surface area contributed by atoms with Gasteiger partial charge in [0.05, 0.1) is 7.11 Å². The van der Waals surface area contributed by atoms with E-state index in [1.807, 2.05) is 0 Å². The van der Waals surface area contributed by atoms with Crippen LogP contribution in [0.5, 0.6) is 0 Å². The Morgan fingerprint density at radius 1 is 1.70 bits per heavy atom. The highest BCUT2D eigenvalue weighted by Crippen LogP contribution is 2.31. The summed E-state index contributed by atoms with van der Waals surface area (Å²) in [6, 6.07) is 0. The summed E-state index contributed by atoms with van der Waals surface area (Å²) >= 11 is 1.71. The van der Waals surface area contributed by atoms with Crippen LogP contribution in [0.3, 0.4) is 0 Å². The van der Waals surface area contributed by atoms with Gasteiger partial charge < -0.3 is 4.74 Å². The van der Waals surface area contributed by atoms with Gasteiger partial charge in [0.15, 0.2) is 0 Å². The Bertz CT molecular complexity index is 136. The molecule has 1 aliphatic heterocycles. The molecule has 2 nitrogen and oxygen atoms in total. The summed E-state index contributed by atoms with van der Waals surface area (Å²) in [7, 11) is 1.45. The molecule has 2 atom stereocenters. The van der Waals surface area contributed by atoms with E-state index in [0.717, 1.165) is 12.2 Å². The zero-order valence-electron chi connectivity index (χ0n) is 6.29. The van der Waals surface area contributed by atoms with E-state index in [-0.39, 0.29) is 11.2 Å². The maximum Gasteiger partial charge on any atom is 0.318 e. The molecule has 0 spiro atoms. The highest BCUT2D eigenvalue weighted by Gasteiger charge is 2.28. The Morgan fingerprint density at radius 3 is 2.80 bits per heavy atom. The van der Waals surface area contributed by atoms with Gasteiger partial charge >= 0.3 is 5.97 Å². The van der Waals surface area contributed by atoms with Gasteiger partial charge in [-0.1, -0.05) is 6.92 Å². The van der Waals surface area contributed by atoms with Crippen LogP contribution in [0.25, 0.3) is 0 Å². The van der Waals surface area contributed by atoms with Crippen molar-refractivity contribution in [3.63, 3.8) is 0 Å². The first-order valence-corrected chi connectivity index (χ1v) is 4.48. The van der Waals surface area contributed by atoms with Crippen LogP contribution in [0.15, 0.2) is 0 Å². The molecule has 0 aromatic heterocycles. The van der Waals surface area contributed by atoms with E-state index < -0.39 is 0 Å². The van der Waals surface area contributed by atoms with Crippen molar-refractivity contribution in [2.24, 2.45) is 5.92 Å². The second kappa shape index (κ2) is 3.28. The minimum absolute atomic E-state index is 0.0608. The Hall–Kier alpha value is -0.180. The molecule has 0 N–H and O–H groups in total. The molecule has 0 bridgehead atoms. The molecule has 0 aromatic carbocycles. The van der Waals surface area contributed by atoms with E-state index in [1.165, 1.54) is 7.11 Å². The normalized spacial score (nSPS) is 32.2. The average molecular weight is 160 g/mol. The Kier molecular flexibility index (Phi) is 2.60. The van der Waals surface area contributed by atoms with E-state index >= 15 is 0 Å². The largest absolute Gasteiger partial charge is 0.468 e. The van der Waals surface area contributed by atoms with Gasteiger partial charge in [0.25, 0.3) is 0 Å². The molecule has 1 heterocycles. The van der Waals surface area contributed by atoms with E-state index in [4.69, 9.17) is 0 Å². The maximum absolute atomic E-state index is 10.9. The number of hydrogen-bond acceptors (Lipinski definition) is 3. The number of hydrogen-bond donors (Lipinski definition) is 0. The first-order valence-electron chi connectivity index (χ1n) is 3.43. The number of thioether (sulfide) groups is 1. The molecule has 3 heteroatoms. The van der Waals surface area contributed by atoms with E-state index in [2.05, 4.69) is 11.7 Å². The third kappa shape index (κ3) is 1.66. The second-order valence-corrected chi connectivity index (χ2v) is 3.92. The number of esters is 1. The number of methoxy groups -OCH3 is 1. The lowest BCUT2D eigenvalue weighted by atomic mass is 10.1. The van der Waals surface area contributed by atoms with Crippen molar-refractivity contribution >= 4 is 17.7 Å². The summed E-state index contributed by atoms with van der Waals surface area (Å²) in [6.45, 7) is 2.16. The van der Waals surface area contributed by atoms with Crippen molar-refractivity contribution in [1.82, 2.24) is 0 Å². The molecule has 58 valence electrons. The van der Waals surface area contributed by atoms with Crippen molar-refractivity contribution in [3.05, 3.63) is 0 Å². The van der Waals surface area contributed by atoms with Crippen LogP contribution < -0.4 is 0 Å².